The van der Waals surface area contributed by atoms with E-state index in [9.17, 15) is 23.2 Å². The number of rotatable bonds is 12. The number of hydrogen-bond acceptors (Lipinski definition) is 8. The van der Waals surface area contributed by atoms with E-state index in [0.717, 1.165) is 11.3 Å². The highest BCUT2D eigenvalue weighted by Crippen LogP contribution is 2.26. The van der Waals surface area contributed by atoms with Gasteiger partial charge in [-0.3, -0.25) is 14.5 Å². The number of carbonyl (C=O) groups is 3. The number of benzene rings is 2. The topological polar surface area (TPSA) is 125 Å². The van der Waals surface area contributed by atoms with Gasteiger partial charge < -0.3 is 4.74 Å². The summed E-state index contributed by atoms with van der Waals surface area (Å²) < 4.78 is 35.0. The van der Waals surface area contributed by atoms with Crippen LogP contribution in [-0.2, 0) is 24.1 Å². The highest BCUT2D eigenvalue weighted by atomic mass is 19.1. The van der Waals surface area contributed by atoms with Gasteiger partial charge in [0.25, 0.3) is 0 Å². The Balaban J connectivity index is 0.000000218. The number of pyridine rings is 2. The highest BCUT2D eigenvalue weighted by Gasteiger charge is 2.30. The summed E-state index contributed by atoms with van der Waals surface area (Å²) >= 11 is 0. The van der Waals surface area contributed by atoms with Crippen molar-refractivity contribution in [2.24, 2.45) is 0 Å². The van der Waals surface area contributed by atoms with E-state index in [1.807, 2.05) is 25.1 Å². The summed E-state index contributed by atoms with van der Waals surface area (Å²) in [7, 11) is 0. The van der Waals surface area contributed by atoms with Crippen LogP contribution in [0.5, 0.6) is 0 Å². The predicted octanol–water partition coefficient (Wildman–Crippen LogP) is 8.73. The van der Waals surface area contributed by atoms with Gasteiger partial charge in [0.1, 0.15) is 17.2 Å². The van der Waals surface area contributed by atoms with Gasteiger partial charge in [0.2, 0.25) is 0 Å². The number of anilines is 1. The van der Waals surface area contributed by atoms with Crippen LogP contribution in [0.15, 0.2) is 110 Å². The standard InChI is InChI=1S/C23H25FN4O3.C19H18FN3O/c1-5-19(29)18-15-28(20-8-6-7-13-25-20)26-21(18)27(22(30)31-23(2,3)4)14-16-9-11-17(24)12-10-16;1-2-18(24)16-13-23(19-5-3-4-12-21-19)22-17(16)11-8-14-6-9-15(20)10-7-14/h6-13,15H,5,14H2,1-4H3;3-7,9-10,12-13H,2,8,11H2,1H3. The van der Waals surface area contributed by atoms with Gasteiger partial charge in [0, 0.05) is 37.6 Å². The molecule has 0 saturated heterocycles. The van der Waals surface area contributed by atoms with E-state index in [0.29, 0.717) is 42.0 Å². The first-order chi connectivity index (χ1) is 26.3. The van der Waals surface area contributed by atoms with Crippen molar-refractivity contribution in [1.29, 1.82) is 0 Å². The first-order valence-corrected chi connectivity index (χ1v) is 17.9. The number of carbonyl (C=O) groups excluding carboxylic acids is 3. The number of Topliss-reactive ketones (excluding diaryl/α,β-unsaturated/α-hetero) is 2. The zero-order valence-electron chi connectivity index (χ0n) is 31.4. The van der Waals surface area contributed by atoms with E-state index in [2.05, 4.69) is 20.2 Å². The molecule has 6 rings (SSSR count). The van der Waals surface area contributed by atoms with E-state index in [4.69, 9.17) is 4.74 Å². The second-order valence-electron chi connectivity index (χ2n) is 13.5. The minimum absolute atomic E-state index is 0.0540. The number of ketones is 2. The second-order valence-corrected chi connectivity index (χ2v) is 13.5. The molecule has 0 aliphatic heterocycles. The molecule has 0 radical (unpaired) electrons. The maximum atomic E-state index is 13.4. The lowest BCUT2D eigenvalue weighted by molar-refractivity contribution is 0.0576. The molecule has 0 N–H and O–H groups in total. The molecule has 4 heterocycles. The number of halogens is 2. The van der Waals surface area contributed by atoms with Crippen molar-refractivity contribution >= 4 is 23.5 Å². The van der Waals surface area contributed by atoms with Crippen LogP contribution in [0.25, 0.3) is 11.6 Å². The van der Waals surface area contributed by atoms with Crippen LogP contribution in [0.1, 0.15) is 85.0 Å². The second kappa shape index (κ2) is 18.1. The van der Waals surface area contributed by atoms with Crippen molar-refractivity contribution in [3.05, 3.63) is 149 Å². The Bertz CT molecular complexity index is 2200. The largest absolute Gasteiger partial charge is 0.443 e. The molecule has 0 unspecified atom stereocenters. The highest BCUT2D eigenvalue weighted by molar-refractivity contribution is 6.03. The van der Waals surface area contributed by atoms with Crippen molar-refractivity contribution in [2.45, 2.75) is 72.4 Å². The SMILES string of the molecule is CCC(=O)c1cn(-c2ccccn2)nc1CCc1ccc(F)cc1.CCC(=O)c1cn(-c2ccccn2)nc1N(Cc1ccc(F)cc1)C(=O)OC(C)(C)C. The normalized spacial score (nSPS) is 11.0. The molecule has 1 amide bonds. The summed E-state index contributed by atoms with van der Waals surface area (Å²) in [6.07, 6.45) is 7.93. The number of ether oxygens (including phenoxy) is 1. The van der Waals surface area contributed by atoms with Crippen molar-refractivity contribution in [1.82, 2.24) is 29.5 Å². The van der Waals surface area contributed by atoms with E-state index in [-0.39, 0.29) is 47.5 Å². The molecule has 284 valence electrons. The molecule has 2 aromatic carbocycles. The van der Waals surface area contributed by atoms with E-state index >= 15 is 0 Å². The van der Waals surface area contributed by atoms with Crippen molar-refractivity contribution in [2.75, 3.05) is 4.90 Å². The summed E-state index contributed by atoms with van der Waals surface area (Å²) in [5, 5.41) is 9.04. The fraction of sp³-hybridized carbons (Fsp3) is 0.262. The summed E-state index contributed by atoms with van der Waals surface area (Å²) in [5.41, 5.74) is 2.58. The summed E-state index contributed by atoms with van der Waals surface area (Å²) in [5.74, 6) is 0.599. The fourth-order valence-electron chi connectivity index (χ4n) is 5.41. The molecule has 4 aromatic heterocycles. The third-order valence-electron chi connectivity index (χ3n) is 8.18. The summed E-state index contributed by atoms with van der Waals surface area (Å²) in [6, 6.07) is 23.0. The summed E-state index contributed by atoms with van der Waals surface area (Å²) in [6.45, 7) is 8.90. The Kier molecular flexibility index (Phi) is 13.1. The molecule has 0 aliphatic carbocycles. The van der Waals surface area contributed by atoms with Crippen LogP contribution < -0.4 is 4.90 Å². The first-order valence-electron chi connectivity index (χ1n) is 17.9. The molecule has 0 fully saturated rings. The molecule has 0 saturated carbocycles. The maximum absolute atomic E-state index is 13.4. The number of nitrogens with zero attached hydrogens (tertiary/aromatic N) is 7. The van der Waals surface area contributed by atoms with Crippen LogP contribution in [0.4, 0.5) is 19.4 Å². The van der Waals surface area contributed by atoms with Crippen molar-refractivity contribution in [3.63, 3.8) is 0 Å². The smallest absolute Gasteiger partial charge is 0.416 e. The Morgan fingerprint density at radius 1 is 0.673 bits per heavy atom. The van der Waals surface area contributed by atoms with Crippen LogP contribution in [0.2, 0.25) is 0 Å². The Morgan fingerprint density at radius 2 is 1.18 bits per heavy atom. The minimum Gasteiger partial charge on any atom is -0.443 e. The molecular formula is C42H43F2N7O4. The average molecular weight is 748 g/mol. The van der Waals surface area contributed by atoms with Gasteiger partial charge in [-0.15, -0.1) is 5.10 Å². The van der Waals surface area contributed by atoms with Crippen LogP contribution >= 0.6 is 0 Å². The Morgan fingerprint density at radius 3 is 1.69 bits per heavy atom. The number of amides is 1. The zero-order valence-corrected chi connectivity index (χ0v) is 31.4. The maximum Gasteiger partial charge on any atom is 0.416 e. The predicted molar refractivity (Wildman–Crippen MR) is 205 cm³/mol. The Labute approximate surface area is 318 Å². The molecule has 13 heteroatoms. The molecular weight excluding hydrogens is 705 g/mol. The van der Waals surface area contributed by atoms with Gasteiger partial charge in [0.05, 0.1) is 23.4 Å². The zero-order chi connectivity index (χ0) is 39.5. The third kappa shape index (κ3) is 10.8. The van der Waals surface area contributed by atoms with Gasteiger partial charge in [-0.05, 0) is 93.3 Å². The minimum atomic E-state index is -0.753. The van der Waals surface area contributed by atoms with Gasteiger partial charge in [-0.1, -0.05) is 50.2 Å². The number of hydrogen-bond donors (Lipinski definition) is 0. The van der Waals surface area contributed by atoms with Crippen LogP contribution in [0.3, 0.4) is 0 Å². The number of aryl methyl sites for hydroxylation is 2. The van der Waals surface area contributed by atoms with Crippen LogP contribution in [-0.4, -0.2) is 52.8 Å². The Hall–Kier alpha value is -6.37. The van der Waals surface area contributed by atoms with E-state index in [1.165, 1.54) is 33.8 Å². The first kappa shape index (κ1) is 39.8. The van der Waals surface area contributed by atoms with E-state index in [1.54, 1.807) is 99.6 Å². The van der Waals surface area contributed by atoms with Gasteiger partial charge in [0.15, 0.2) is 29.0 Å². The van der Waals surface area contributed by atoms with Gasteiger partial charge in [-0.25, -0.2) is 32.9 Å². The molecule has 55 heavy (non-hydrogen) atoms. The average Bonchev–Trinajstić information content (AvgIpc) is 3.83. The fourth-order valence-corrected chi connectivity index (χ4v) is 5.41. The molecule has 0 atom stereocenters. The lowest BCUT2D eigenvalue weighted by atomic mass is 10.0. The molecule has 0 spiro atoms. The van der Waals surface area contributed by atoms with Crippen molar-refractivity contribution < 1.29 is 27.9 Å². The van der Waals surface area contributed by atoms with Gasteiger partial charge in [-0.2, -0.15) is 5.10 Å². The molecule has 0 bridgehead atoms. The quantitative estimate of drug-likeness (QED) is 0.114. The third-order valence-corrected chi connectivity index (χ3v) is 8.18. The molecule has 6 aromatic rings. The monoisotopic (exact) mass is 747 g/mol. The van der Waals surface area contributed by atoms with Crippen LogP contribution in [0, 0.1) is 11.6 Å². The molecule has 11 nitrogen and oxygen atoms in total. The lowest BCUT2D eigenvalue weighted by Gasteiger charge is -2.26. The van der Waals surface area contributed by atoms with Gasteiger partial charge >= 0.3 is 6.09 Å². The number of aromatic nitrogens is 6. The van der Waals surface area contributed by atoms with E-state index < -0.39 is 11.7 Å². The van der Waals surface area contributed by atoms with Crippen molar-refractivity contribution in [3.8, 4) is 11.6 Å². The molecule has 0 aliphatic rings. The summed E-state index contributed by atoms with van der Waals surface area (Å²) in [4.78, 5) is 47.8. The lowest BCUT2D eigenvalue weighted by Crippen LogP contribution is -2.37.